The van der Waals surface area contributed by atoms with Gasteiger partial charge in [0.05, 0.1) is 26.0 Å². The second kappa shape index (κ2) is 7.49. The highest BCUT2D eigenvalue weighted by molar-refractivity contribution is 5.73. The van der Waals surface area contributed by atoms with Crippen LogP contribution in [0.25, 0.3) is 11.0 Å². The summed E-state index contributed by atoms with van der Waals surface area (Å²) < 4.78 is 14.8. The highest BCUT2D eigenvalue weighted by atomic mass is 16.5. The lowest BCUT2D eigenvalue weighted by Gasteiger charge is -2.26. The number of hydrogen-bond acceptors (Lipinski definition) is 5. The average Bonchev–Trinajstić information content (AvgIpc) is 3.29. The highest BCUT2D eigenvalue weighted by Gasteiger charge is 2.24. The lowest BCUT2D eigenvalue weighted by Crippen LogP contribution is -2.40. The molecule has 7 heteroatoms. The first-order valence-electron chi connectivity index (χ1n) is 9.02. The van der Waals surface area contributed by atoms with Crippen LogP contribution in [0.15, 0.2) is 47.1 Å². The molecule has 1 aliphatic heterocycles. The number of hydrogen-bond donors (Lipinski definition) is 2. The highest BCUT2D eigenvalue weighted by Crippen LogP contribution is 2.19. The van der Waals surface area contributed by atoms with Gasteiger partial charge in [0.25, 0.3) is 0 Å². The molecule has 1 aliphatic rings. The van der Waals surface area contributed by atoms with Crippen LogP contribution in [0.3, 0.4) is 0 Å². The molecule has 26 heavy (non-hydrogen) atoms. The van der Waals surface area contributed by atoms with Gasteiger partial charge in [0.15, 0.2) is 0 Å². The Morgan fingerprint density at radius 1 is 1.12 bits per heavy atom. The van der Waals surface area contributed by atoms with Crippen LogP contribution < -0.4 is 10.3 Å². The van der Waals surface area contributed by atoms with Crippen LogP contribution in [0.2, 0.25) is 0 Å². The molecule has 4 rings (SSSR count). The lowest BCUT2D eigenvalue weighted by atomic mass is 10.2. The molecule has 138 valence electrons. The Labute approximate surface area is 152 Å². The minimum absolute atomic E-state index is 0.352. The van der Waals surface area contributed by atoms with Gasteiger partial charge in [-0.25, -0.2) is 9.13 Å². The predicted molar refractivity (Wildman–Crippen MR) is 97.5 cm³/mol. The van der Waals surface area contributed by atoms with Gasteiger partial charge in [-0.3, -0.25) is 10.6 Å². The van der Waals surface area contributed by atoms with Crippen LogP contribution in [0.4, 0.5) is 5.95 Å². The topological polar surface area (TPSA) is 80.7 Å². The van der Waals surface area contributed by atoms with Crippen molar-refractivity contribution in [3.05, 3.63) is 48.4 Å². The van der Waals surface area contributed by atoms with Crippen molar-refractivity contribution >= 4 is 17.0 Å². The molecular formula is C19H25N4O3+. The van der Waals surface area contributed by atoms with E-state index in [1.54, 1.807) is 18.4 Å². The summed E-state index contributed by atoms with van der Waals surface area (Å²) in [6.45, 7) is 5.56. The second-order valence-corrected chi connectivity index (χ2v) is 6.59. The molecule has 1 fully saturated rings. The van der Waals surface area contributed by atoms with Crippen molar-refractivity contribution in [2.75, 3.05) is 38.6 Å². The number of morpholine rings is 1. The molecule has 0 aliphatic carbocycles. The fourth-order valence-corrected chi connectivity index (χ4v) is 3.55. The molecule has 1 atom stereocenters. The van der Waals surface area contributed by atoms with E-state index in [1.807, 2.05) is 22.8 Å². The smallest absolute Gasteiger partial charge is 0.356 e. The van der Waals surface area contributed by atoms with Crippen molar-refractivity contribution in [1.29, 1.82) is 0 Å². The van der Waals surface area contributed by atoms with Crippen molar-refractivity contribution < 1.29 is 18.8 Å². The molecule has 1 saturated heterocycles. The molecule has 3 aromatic rings. The van der Waals surface area contributed by atoms with Crippen molar-refractivity contribution in [2.24, 2.45) is 0 Å². The van der Waals surface area contributed by atoms with Gasteiger partial charge < -0.3 is 14.3 Å². The summed E-state index contributed by atoms with van der Waals surface area (Å²) >= 11 is 0. The number of imidazole rings is 1. The van der Waals surface area contributed by atoms with E-state index in [1.165, 1.54) is 0 Å². The number of ether oxygens (including phenoxy) is 1. The monoisotopic (exact) mass is 357 g/mol. The third kappa shape index (κ3) is 3.33. The van der Waals surface area contributed by atoms with E-state index < -0.39 is 6.10 Å². The molecule has 0 amide bonds. The number of aromatic nitrogens is 2. The molecule has 7 nitrogen and oxygen atoms in total. The number of furan rings is 1. The van der Waals surface area contributed by atoms with Gasteiger partial charge in [0.1, 0.15) is 29.4 Å². The zero-order chi connectivity index (χ0) is 17.9. The molecule has 0 bridgehead atoms. The van der Waals surface area contributed by atoms with E-state index in [-0.39, 0.29) is 0 Å². The summed E-state index contributed by atoms with van der Waals surface area (Å²) in [5.74, 6) is 1.19. The van der Waals surface area contributed by atoms with E-state index in [0.717, 1.165) is 50.4 Å². The number of anilines is 1. The Kier molecular flexibility index (Phi) is 4.92. The van der Waals surface area contributed by atoms with E-state index in [9.17, 15) is 5.11 Å². The van der Waals surface area contributed by atoms with Gasteiger partial charge in [-0.2, -0.15) is 0 Å². The number of nitrogen functional groups attached to an aromatic ring is 1. The van der Waals surface area contributed by atoms with Crippen molar-refractivity contribution in [3.63, 3.8) is 0 Å². The molecule has 3 heterocycles. The second-order valence-electron chi connectivity index (χ2n) is 6.59. The first-order valence-corrected chi connectivity index (χ1v) is 9.02. The number of para-hydroxylation sites is 2. The minimum Gasteiger partial charge on any atom is -0.466 e. The van der Waals surface area contributed by atoms with Crippen molar-refractivity contribution in [2.45, 2.75) is 19.2 Å². The molecule has 1 aromatic carbocycles. The first kappa shape index (κ1) is 17.1. The van der Waals surface area contributed by atoms with E-state index in [2.05, 4.69) is 15.5 Å². The minimum atomic E-state index is -0.740. The molecule has 2 aromatic heterocycles. The average molecular weight is 357 g/mol. The molecule has 0 saturated carbocycles. The van der Waals surface area contributed by atoms with Gasteiger partial charge in [-0.05, 0) is 24.3 Å². The third-order valence-corrected chi connectivity index (χ3v) is 4.99. The van der Waals surface area contributed by atoms with Crippen LogP contribution in [-0.2, 0) is 17.8 Å². The molecule has 3 N–H and O–H groups in total. The van der Waals surface area contributed by atoms with Crippen LogP contribution in [0.1, 0.15) is 11.9 Å². The predicted octanol–water partition coefficient (Wildman–Crippen LogP) is 1.17. The number of nitrogens with zero attached hydrogens (tertiary/aromatic N) is 3. The summed E-state index contributed by atoms with van der Waals surface area (Å²) in [6.07, 6.45) is 0.828. The normalized spacial score (nSPS) is 17.0. The maximum atomic E-state index is 10.5. The maximum Gasteiger partial charge on any atom is 0.356 e. The first-order chi connectivity index (χ1) is 12.7. The fourth-order valence-electron chi connectivity index (χ4n) is 3.55. The fraction of sp³-hybridized carbons (Fsp3) is 0.421. The molecular weight excluding hydrogens is 332 g/mol. The number of nitrogens with two attached hydrogens (primary N) is 1. The van der Waals surface area contributed by atoms with E-state index in [0.29, 0.717) is 18.3 Å². The van der Waals surface area contributed by atoms with Crippen molar-refractivity contribution in [3.8, 4) is 0 Å². The molecule has 0 radical (unpaired) electrons. The van der Waals surface area contributed by atoms with E-state index >= 15 is 0 Å². The summed E-state index contributed by atoms with van der Waals surface area (Å²) in [6, 6.07) is 11.7. The summed E-state index contributed by atoms with van der Waals surface area (Å²) in [5, 5.41) is 10.5. The van der Waals surface area contributed by atoms with Crippen LogP contribution in [-0.4, -0.2) is 47.4 Å². The summed E-state index contributed by atoms with van der Waals surface area (Å²) in [4.78, 5) is 2.39. The Morgan fingerprint density at radius 3 is 2.69 bits per heavy atom. The van der Waals surface area contributed by atoms with Gasteiger partial charge in [0.2, 0.25) is 0 Å². The number of rotatable bonds is 6. The standard InChI is InChI=1S/C19H24N4O3/c20-19-22(8-7-21-9-12-25-13-10-21)15-4-1-2-5-16(15)23(19)14-17(24)18-6-3-11-26-18/h1-6,11,17,20,24H,7-10,12-14H2/p+1/t17-/m1/s1. The van der Waals surface area contributed by atoms with Crippen LogP contribution >= 0.6 is 0 Å². The van der Waals surface area contributed by atoms with Gasteiger partial charge in [-0.15, -0.1) is 0 Å². The molecule has 0 spiro atoms. The Bertz CT molecular complexity index is 853. The zero-order valence-electron chi connectivity index (χ0n) is 14.8. The number of benzene rings is 1. The number of aliphatic hydroxyl groups excluding tert-OH is 1. The number of fused-ring (bicyclic) bond motifs is 1. The lowest BCUT2D eigenvalue weighted by molar-refractivity contribution is -0.666. The SMILES string of the molecule is Nc1n(CCN2CCOCC2)c2ccccc2[n+]1C[C@@H](O)c1ccco1. The van der Waals surface area contributed by atoms with Crippen molar-refractivity contribution in [1.82, 2.24) is 9.47 Å². The largest absolute Gasteiger partial charge is 0.466 e. The number of aliphatic hydroxyl groups is 1. The Balaban J connectivity index is 1.60. The third-order valence-electron chi connectivity index (χ3n) is 4.99. The zero-order valence-corrected chi connectivity index (χ0v) is 14.8. The Hall–Kier alpha value is -2.35. The summed E-state index contributed by atoms with van der Waals surface area (Å²) in [7, 11) is 0. The van der Waals surface area contributed by atoms with E-state index in [4.69, 9.17) is 14.9 Å². The van der Waals surface area contributed by atoms with Crippen LogP contribution in [0.5, 0.6) is 0 Å². The van der Waals surface area contributed by atoms with Gasteiger partial charge in [-0.1, -0.05) is 12.1 Å². The van der Waals surface area contributed by atoms with Crippen LogP contribution in [0, 0.1) is 0 Å². The quantitative estimate of drug-likeness (QED) is 0.648. The maximum absolute atomic E-state index is 10.5. The van der Waals surface area contributed by atoms with Gasteiger partial charge in [0, 0.05) is 19.6 Å². The summed E-state index contributed by atoms with van der Waals surface area (Å²) in [5.41, 5.74) is 8.56. The Morgan fingerprint density at radius 2 is 1.92 bits per heavy atom. The molecule has 0 unspecified atom stereocenters. The van der Waals surface area contributed by atoms with Gasteiger partial charge >= 0.3 is 5.95 Å².